The number of aromatic nitrogens is 3. The van der Waals surface area contributed by atoms with Crippen LogP contribution in [0.25, 0.3) is 21.6 Å². The van der Waals surface area contributed by atoms with Gasteiger partial charge in [0.1, 0.15) is 10.6 Å². The lowest BCUT2D eigenvalue weighted by atomic mass is 9.82. The molecule has 1 saturated carbocycles. The van der Waals surface area contributed by atoms with E-state index in [4.69, 9.17) is 9.97 Å². The second-order valence-corrected chi connectivity index (χ2v) is 8.61. The zero-order chi connectivity index (χ0) is 17.7. The summed E-state index contributed by atoms with van der Waals surface area (Å²) in [6.07, 6.45) is 8.82. The Balaban J connectivity index is 1.61. The zero-order valence-corrected chi connectivity index (χ0v) is 15.7. The molecule has 1 N–H and O–H groups in total. The normalized spacial score (nSPS) is 21.6. The first-order valence-corrected chi connectivity index (χ1v) is 10.1. The van der Waals surface area contributed by atoms with Crippen molar-refractivity contribution in [2.75, 3.05) is 18.5 Å². The van der Waals surface area contributed by atoms with Gasteiger partial charge in [0.05, 0.1) is 11.5 Å². The number of hydrogen-bond acceptors (Lipinski definition) is 6. The lowest BCUT2D eigenvalue weighted by molar-refractivity contribution is 0.0464. The minimum atomic E-state index is -0.116. The summed E-state index contributed by atoms with van der Waals surface area (Å²) in [6, 6.07) is 3.94. The number of thiophene rings is 1. The van der Waals surface area contributed by atoms with E-state index in [-0.39, 0.29) is 6.10 Å². The predicted molar refractivity (Wildman–Crippen MR) is 105 cm³/mol. The summed E-state index contributed by atoms with van der Waals surface area (Å²) in [5.41, 5.74) is 2.41. The SMILES string of the molecule is CN(CC1CC(O)C1)c1nc(-c2cccnc2)nc2sc3c(c12)CCC3. The largest absolute Gasteiger partial charge is 0.393 e. The number of fused-ring (bicyclic) bond motifs is 3. The number of hydrogen-bond donors (Lipinski definition) is 1. The summed E-state index contributed by atoms with van der Waals surface area (Å²) in [6.45, 7) is 0.931. The van der Waals surface area contributed by atoms with Crippen molar-refractivity contribution >= 4 is 27.4 Å². The van der Waals surface area contributed by atoms with Crippen molar-refractivity contribution in [3.63, 3.8) is 0 Å². The van der Waals surface area contributed by atoms with Gasteiger partial charge in [0.15, 0.2) is 5.82 Å². The summed E-state index contributed by atoms with van der Waals surface area (Å²) in [5.74, 6) is 2.34. The van der Waals surface area contributed by atoms with Crippen LogP contribution in [-0.4, -0.2) is 39.8 Å². The molecule has 0 bridgehead atoms. The van der Waals surface area contributed by atoms with Gasteiger partial charge in [-0.2, -0.15) is 0 Å². The molecule has 2 aliphatic carbocycles. The van der Waals surface area contributed by atoms with E-state index in [1.807, 2.05) is 29.7 Å². The first kappa shape index (κ1) is 16.1. The molecule has 0 atom stereocenters. The van der Waals surface area contributed by atoms with Crippen LogP contribution < -0.4 is 4.90 Å². The molecule has 0 unspecified atom stereocenters. The average molecular weight is 366 g/mol. The fourth-order valence-corrected chi connectivity index (χ4v) is 5.46. The third kappa shape index (κ3) is 2.68. The second-order valence-electron chi connectivity index (χ2n) is 7.52. The van der Waals surface area contributed by atoms with Gasteiger partial charge >= 0.3 is 0 Å². The van der Waals surface area contributed by atoms with E-state index in [1.165, 1.54) is 22.2 Å². The van der Waals surface area contributed by atoms with E-state index in [1.54, 1.807) is 6.20 Å². The van der Waals surface area contributed by atoms with Gasteiger partial charge in [0, 0.05) is 36.4 Å². The molecule has 5 nitrogen and oxygen atoms in total. The summed E-state index contributed by atoms with van der Waals surface area (Å²) in [7, 11) is 2.12. The molecular weight excluding hydrogens is 344 g/mol. The Hall–Kier alpha value is -2.05. The Labute approximate surface area is 156 Å². The fraction of sp³-hybridized carbons (Fsp3) is 0.450. The van der Waals surface area contributed by atoms with Gasteiger partial charge in [-0.3, -0.25) is 4.98 Å². The van der Waals surface area contributed by atoms with Crippen LogP contribution in [0.4, 0.5) is 5.82 Å². The first-order chi connectivity index (χ1) is 12.7. The molecule has 26 heavy (non-hydrogen) atoms. The third-order valence-electron chi connectivity index (χ3n) is 5.57. The van der Waals surface area contributed by atoms with Crippen molar-refractivity contribution in [1.29, 1.82) is 0 Å². The molecule has 6 heteroatoms. The van der Waals surface area contributed by atoms with Crippen molar-refractivity contribution in [3.05, 3.63) is 35.0 Å². The van der Waals surface area contributed by atoms with E-state index < -0.39 is 0 Å². The van der Waals surface area contributed by atoms with E-state index in [0.29, 0.717) is 5.92 Å². The van der Waals surface area contributed by atoms with Crippen molar-refractivity contribution in [3.8, 4) is 11.4 Å². The molecule has 0 saturated heterocycles. The number of anilines is 1. The van der Waals surface area contributed by atoms with Gasteiger partial charge in [-0.25, -0.2) is 9.97 Å². The van der Waals surface area contributed by atoms with E-state index in [2.05, 4.69) is 16.9 Å². The Morgan fingerprint density at radius 3 is 2.92 bits per heavy atom. The second kappa shape index (κ2) is 6.28. The Morgan fingerprint density at radius 1 is 1.27 bits per heavy atom. The highest BCUT2D eigenvalue weighted by atomic mass is 32.1. The maximum Gasteiger partial charge on any atom is 0.164 e. The van der Waals surface area contributed by atoms with E-state index >= 15 is 0 Å². The number of pyridine rings is 1. The lowest BCUT2D eigenvalue weighted by Crippen LogP contribution is -2.37. The monoisotopic (exact) mass is 366 g/mol. The smallest absolute Gasteiger partial charge is 0.164 e. The van der Waals surface area contributed by atoms with E-state index in [0.717, 1.165) is 54.3 Å². The highest BCUT2D eigenvalue weighted by Gasteiger charge is 2.30. The number of nitrogens with zero attached hydrogens (tertiary/aromatic N) is 4. The zero-order valence-electron chi connectivity index (χ0n) is 14.9. The highest BCUT2D eigenvalue weighted by Crippen LogP contribution is 2.42. The summed E-state index contributed by atoms with van der Waals surface area (Å²) in [4.78, 5) is 18.9. The molecular formula is C20H22N4OS. The molecule has 0 aliphatic heterocycles. The topological polar surface area (TPSA) is 62.1 Å². The Morgan fingerprint density at radius 2 is 2.15 bits per heavy atom. The van der Waals surface area contributed by atoms with Crippen LogP contribution in [0.5, 0.6) is 0 Å². The summed E-state index contributed by atoms with van der Waals surface area (Å²) in [5, 5.41) is 10.9. The molecule has 5 rings (SSSR count). The van der Waals surface area contributed by atoms with Crippen LogP contribution in [0.3, 0.4) is 0 Å². The molecule has 0 radical (unpaired) electrons. The molecule has 0 spiro atoms. The highest BCUT2D eigenvalue weighted by molar-refractivity contribution is 7.19. The number of aliphatic hydroxyl groups excluding tert-OH is 1. The molecule has 0 aromatic carbocycles. The Kier molecular flexibility index (Phi) is 3.90. The average Bonchev–Trinajstić information content (AvgIpc) is 3.21. The maximum absolute atomic E-state index is 9.61. The molecule has 3 heterocycles. The van der Waals surface area contributed by atoms with Crippen LogP contribution >= 0.6 is 11.3 Å². The van der Waals surface area contributed by atoms with Gasteiger partial charge < -0.3 is 10.0 Å². The molecule has 3 aromatic heterocycles. The first-order valence-electron chi connectivity index (χ1n) is 9.31. The van der Waals surface area contributed by atoms with Crippen LogP contribution in [0.2, 0.25) is 0 Å². The molecule has 0 amide bonds. The number of aryl methyl sites for hydroxylation is 2. The number of rotatable bonds is 4. The molecule has 3 aromatic rings. The summed E-state index contributed by atoms with van der Waals surface area (Å²) < 4.78 is 0. The van der Waals surface area contributed by atoms with Crippen LogP contribution in [-0.2, 0) is 12.8 Å². The third-order valence-corrected chi connectivity index (χ3v) is 6.76. The standard InChI is InChI=1S/C20H22N4OS/c1-24(11-12-8-14(25)9-12)19-17-15-5-2-6-16(15)26-20(17)23-18(22-19)13-4-3-7-21-10-13/h3-4,7,10,12,14,25H,2,5-6,8-9,11H2,1H3. The van der Waals surface area contributed by atoms with Crippen molar-refractivity contribution in [1.82, 2.24) is 15.0 Å². The molecule has 2 aliphatic rings. The van der Waals surface area contributed by atoms with Gasteiger partial charge in [-0.1, -0.05) is 0 Å². The minimum absolute atomic E-state index is 0.116. The van der Waals surface area contributed by atoms with Crippen molar-refractivity contribution in [2.24, 2.45) is 5.92 Å². The van der Waals surface area contributed by atoms with Gasteiger partial charge in [-0.05, 0) is 55.7 Å². The summed E-state index contributed by atoms with van der Waals surface area (Å²) >= 11 is 1.83. The van der Waals surface area contributed by atoms with Crippen LogP contribution in [0, 0.1) is 5.92 Å². The van der Waals surface area contributed by atoms with Crippen molar-refractivity contribution in [2.45, 2.75) is 38.2 Å². The quantitative estimate of drug-likeness (QED) is 0.766. The molecule has 1 fully saturated rings. The van der Waals surface area contributed by atoms with Gasteiger partial charge in [0.25, 0.3) is 0 Å². The molecule has 134 valence electrons. The van der Waals surface area contributed by atoms with E-state index in [9.17, 15) is 5.11 Å². The Bertz CT molecular complexity index is 949. The minimum Gasteiger partial charge on any atom is -0.393 e. The fourth-order valence-electron chi connectivity index (χ4n) is 4.20. The predicted octanol–water partition coefficient (Wildman–Crippen LogP) is 3.45. The van der Waals surface area contributed by atoms with Gasteiger partial charge in [0.2, 0.25) is 0 Å². The van der Waals surface area contributed by atoms with Gasteiger partial charge in [-0.15, -0.1) is 11.3 Å². The maximum atomic E-state index is 9.61. The number of aliphatic hydroxyl groups is 1. The van der Waals surface area contributed by atoms with Crippen LogP contribution in [0.15, 0.2) is 24.5 Å². The van der Waals surface area contributed by atoms with Crippen molar-refractivity contribution < 1.29 is 5.11 Å². The van der Waals surface area contributed by atoms with Crippen LogP contribution in [0.1, 0.15) is 29.7 Å². The lowest BCUT2D eigenvalue weighted by Gasteiger charge is -2.35.